The normalized spacial score (nSPS) is 13.9. The van der Waals surface area contributed by atoms with E-state index in [-0.39, 0.29) is 22.4 Å². The number of hydrogen-bond donors (Lipinski definition) is 3. The molecule has 1 aliphatic rings. The molecule has 8 heteroatoms. The Hall–Kier alpha value is -2.71. The summed E-state index contributed by atoms with van der Waals surface area (Å²) in [5.74, 6) is -1.31. The van der Waals surface area contributed by atoms with Gasteiger partial charge in [0.2, 0.25) is 10.0 Å². The molecular formula is C19H20N2O5S. The molecule has 1 fully saturated rings. The van der Waals surface area contributed by atoms with Gasteiger partial charge in [-0.1, -0.05) is 12.1 Å². The zero-order valence-electron chi connectivity index (χ0n) is 14.5. The van der Waals surface area contributed by atoms with Crippen molar-refractivity contribution in [3.8, 4) is 0 Å². The smallest absolute Gasteiger partial charge is 0.335 e. The number of benzene rings is 2. The minimum absolute atomic E-state index is 0.0256. The SMILES string of the molecule is O=C(O)c1cccc(CCNC(=O)c2ccc(S(=O)(=O)NC3CC3)cc2)c1. The van der Waals surface area contributed by atoms with E-state index in [0.29, 0.717) is 18.5 Å². The van der Waals surface area contributed by atoms with E-state index >= 15 is 0 Å². The molecular weight excluding hydrogens is 368 g/mol. The molecule has 0 aliphatic heterocycles. The highest BCUT2D eigenvalue weighted by atomic mass is 32.2. The molecule has 0 unspecified atom stereocenters. The maximum absolute atomic E-state index is 12.2. The first-order chi connectivity index (χ1) is 12.8. The average Bonchev–Trinajstić information content (AvgIpc) is 3.45. The van der Waals surface area contributed by atoms with Crippen molar-refractivity contribution in [2.75, 3.05) is 6.54 Å². The van der Waals surface area contributed by atoms with Gasteiger partial charge in [0, 0.05) is 18.2 Å². The van der Waals surface area contributed by atoms with Gasteiger partial charge in [-0.3, -0.25) is 4.79 Å². The van der Waals surface area contributed by atoms with Crippen molar-refractivity contribution in [1.82, 2.24) is 10.0 Å². The Bertz CT molecular complexity index is 950. The molecule has 0 bridgehead atoms. The van der Waals surface area contributed by atoms with Gasteiger partial charge >= 0.3 is 5.97 Å². The Balaban J connectivity index is 1.55. The third kappa shape index (κ3) is 5.15. The van der Waals surface area contributed by atoms with Crippen LogP contribution in [0, 0.1) is 0 Å². The molecule has 0 aromatic heterocycles. The lowest BCUT2D eigenvalue weighted by molar-refractivity contribution is 0.0696. The zero-order valence-corrected chi connectivity index (χ0v) is 15.3. The highest BCUT2D eigenvalue weighted by Crippen LogP contribution is 2.22. The highest BCUT2D eigenvalue weighted by molar-refractivity contribution is 7.89. The van der Waals surface area contributed by atoms with Crippen molar-refractivity contribution in [1.29, 1.82) is 0 Å². The van der Waals surface area contributed by atoms with Crippen LogP contribution in [0.25, 0.3) is 0 Å². The molecule has 1 saturated carbocycles. The van der Waals surface area contributed by atoms with E-state index in [2.05, 4.69) is 10.0 Å². The fourth-order valence-electron chi connectivity index (χ4n) is 2.56. The standard InChI is InChI=1S/C19H20N2O5S/c22-18(20-11-10-13-2-1-3-15(12-13)19(23)24)14-4-8-17(9-5-14)27(25,26)21-16-6-7-16/h1-5,8-9,12,16,21H,6-7,10-11H2,(H,20,22)(H,23,24). The minimum Gasteiger partial charge on any atom is -0.478 e. The van der Waals surface area contributed by atoms with Gasteiger partial charge in [0.15, 0.2) is 0 Å². The quantitative estimate of drug-likeness (QED) is 0.638. The van der Waals surface area contributed by atoms with Gasteiger partial charge in [0.1, 0.15) is 0 Å². The highest BCUT2D eigenvalue weighted by Gasteiger charge is 2.27. The summed E-state index contributed by atoms with van der Waals surface area (Å²) in [6, 6.07) is 12.3. The molecule has 2 aromatic carbocycles. The molecule has 0 radical (unpaired) electrons. The van der Waals surface area contributed by atoms with Crippen LogP contribution in [-0.2, 0) is 16.4 Å². The third-order valence-corrected chi connectivity index (χ3v) is 5.74. The molecule has 2 aromatic rings. The summed E-state index contributed by atoms with van der Waals surface area (Å²) in [6.45, 7) is 0.338. The fourth-order valence-corrected chi connectivity index (χ4v) is 3.86. The van der Waals surface area contributed by atoms with Crippen LogP contribution >= 0.6 is 0 Å². The van der Waals surface area contributed by atoms with Crippen molar-refractivity contribution in [3.05, 3.63) is 65.2 Å². The lowest BCUT2D eigenvalue weighted by Gasteiger charge is -2.08. The van der Waals surface area contributed by atoms with Crippen LogP contribution in [0.3, 0.4) is 0 Å². The van der Waals surface area contributed by atoms with Gasteiger partial charge in [0.25, 0.3) is 5.91 Å². The maximum atomic E-state index is 12.2. The molecule has 27 heavy (non-hydrogen) atoms. The van der Waals surface area contributed by atoms with E-state index < -0.39 is 16.0 Å². The van der Waals surface area contributed by atoms with Crippen molar-refractivity contribution >= 4 is 21.9 Å². The first kappa shape index (κ1) is 19.1. The number of amides is 1. The zero-order chi connectivity index (χ0) is 19.4. The number of carboxylic acids is 1. The number of carbonyl (C=O) groups excluding carboxylic acids is 1. The summed E-state index contributed by atoms with van der Waals surface area (Å²) in [6.07, 6.45) is 2.20. The second-order valence-electron chi connectivity index (χ2n) is 6.43. The average molecular weight is 388 g/mol. The summed E-state index contributed by atoms with van der Waals surface area (Å²) >= 11 is 0. The monoisotopic (exact) mass is 388 g/mol. The molecule has 0 spiro atoms. The molecule has 142 valence electrons. The van der Waals surface area contributed by atoms with Crippen molar-refractivity contribution < 1.29 is 23.1 Å². The van der Waals surface area contributed by atoms with Crippen molar-refractivity contribution in [3.63, 3.8) is 0 Å². The molecule has 3 N–H and O–H groups in total. The number of hydrogen-bond acceptors (Lipinski definition) is 4. The second-order valence-corrected chi connectivity index (χ2v) is 8.15. The molecule has 0 heterocycles. The van der Waals surface area contributed by atoms with E-state index in [9.17, 15) is 18.0 Å². The van der Waals surface area contributed by atoms with Crippen LogP contribution < -0.4 is 10.0 Å². The van der Waals surface area contributed by atoms with Crippen LogP contribution in [0.2, 0.25) is 0 Å². The number of carbonyl (C=O) groups is 2. The fraction of sp³-hybridized carbons (Fsp3) is 0.263. The number of nitrogens with one attached hydrogen (secondary N) is 2. The summed E-state index contributed by atoms with van der Waals surface area (Å²) in [4.78, 5) is 23.3. The first-order valence-corrected chi connectivity index (χ1v) is 10.1. The van der Waals surface area contributed by atoms with Crippen molar-refractivity contribution in [2.45, 2.75) is 30.2 Å². The van der Waals surface area contributed by atoms with Gasteiger partial charge in [-0.05, 0) is 61.2 Å². The minimum atomic E-state index is -3.53. The van der Waals surface area contributed by atoms with Crippen molar-refractivity contribution in [2.24, 2.45) is 0 Å². The molecule has 7 nitrogen and oxygen atoms in total. The predicted molar refractivity (Wildman–Crippen MR) is 99.2 cm³/mol. The molecule has 1 aliphatic carbocycles. The summed E-state index contributed by atoms with van der Waals surface area (Å²) in [5.41, 5.74) is 1.37. The number of carboxylic acid groups (broad SMARTS) is 1. The van der Waals surface area contributed by atoms with E-state index in [1.807, 2.05) is 0 Å². The maximum Gasteiger partial charge on any atom is 0.335 e. The lowest BCUT2D eigenvalue weighted by Crippen LogP contribution is -2.27. The number of sulfonamides is 1. The number of rotatable bonds is 8. The van der Waals surface area contributed by atoms with Crippen LogP contribution in [0.15, 0.2) is 53.4 Å². The summed E-state index contributed by atoms with van der Waals surface area (Å²) in [5, 5.41) is 11.7. The van der Waals surface area contributed by atoms with Crippen LogP contribution in [-0.4, -0.2) is 38.0 Å². The Kier molecular flexibility index (Phi) is 5.57. The second kappa shape index (κ2) is 7.89. The van der Waals surface area contributed by atoms with Gasteiger partial charge in [-0.25, -0.2) is 17.9 Å². The third-order valence-electron chi connectivity index (χ3n) is 4.20. The Morgan fingerprint density at radius 3 is 2.37 bits per heavy atom. The summed E-state index contributed by atoms with van der Waals surface area (Å²) in [7, 11) is -3.53. The molecule has 0 saturated heterocycles. The van der Waals surface area contributed by atoms with Crippen LogP contribution in [0.1, 0.15) is 39.1 Å². The van der Waals surface area contributed by atoms with Gasteiger partial charge in [-0.15, -0.1) is 0 Å². The van der Waals surface area contributed by atoms with E-state index in [4.69, 9.17) is 5.11 Å². The Morgan fingerprint density at radius 1 is 1.04 bits per heavy atom. The van der Waals surface area contributed by atoms with Gasteiger partial charge < -0.3 is 10.4 Å². The molecule has 0 atom stereocenters. The number of aromatic carboxylic acids is 1. The largest absolute Gasteiger partial charge is 0.478 e. The van der Waals surface area contributed by atoms with Gasteiger partial charge in [0.05, 0.1) is 10.5 Å². The first-order valence-electron chi connectivity index (χ1n) is 8.58. The van der Waals surface area contributed by atoms with E-state index in [1.54, 1.807) is 18.2 Å². The molecule has 1 amide bonds. The summed E-state index contributed by atoms with van der Waals surface area (Å²) < 4.78 is 26.8. The Morgan fingerprint density at radius 2 is 1.74 bits per heavy atom. The topological polar surface area (TPSA) is 113 Å². The Labute approximate surface area is 157 Å². The van der Waals surface area contributed by atoms with Gasteiger partial charge in [-0.2, -0.15) is 0 Å². The van der Waals surface area contributed by atoms with Crippen LogP contribution in [0.5, 0.6) is 0 Å². The van der Waals surface area contributed by atoms with E-state index in [0.717, 1.165) is 18.4 Å². The lowest BCUT2D eigenvalue weighted by atomic mass is 10.1. The van der Waals surface area contributed by atoms with Crippen LogP contribution in [0.4, 0.5) is 0 Å². The molecule has 3 rings (SSSR count). The predicted octanol–water partition coefficient (Wildman–Crippen LogP) is 1.80. The van der Waals surface area contributed by atoms with E-state index in [1.165, 1.54) is 30.3 Å².